The normalized spacial score (nSPS) is 10.4. The van der Waals surface area contributed by atoms with Crippen LogP contribution in [0.25, 0.3) is 6.08 Å². The highest BCUT2D eigenvalue weighted by molar-refractivity contribution is 7.80. The lowest BCUT2D eigenvalue weighted by molar-refractivity contribution is -0.383. The second-order valence-corrected chi connectivity index (χ2v) is 6.08. The first-order valence-corrected chi connectivity index (χ1v) is 8.52. The van der Waals surface area contributed by atoms with Crippen molar-refractivity contribution in [2.75, 3.05) is 19.5 Å². The van der Waals surface area contributed by atoms with E-state index in [1.807, 2.05) is 0 Å². The predicted molar refractivity (Wildman–Crippen MR) is 111 cm³/mol. The average molecular weight is 401 g/mol. The molecule has 8 nitrogen and oxygen atoms in total. The van der Waals surface area contributed by atoms with Gasteiger partial charge in [0.15, 0.2) is 16.6 Å². The van der Waals surface area contributed by atoms with Crippen molar-refractivity contribution in [1.29, 1.82) is 0 Å². The number of nitro groups is 1. The standard InChI is InChI=1S/C19H19N3O5S/c1-12-4-7-14(15(10-12)22(24)25)20-19(28)21-18(23)9-6-13-5-8-16(26-2)17(11-13)27-3/h4-11H,1-3H3,(H2,20,21,23,28)/b9-6+. The van der Waals surface area contributed by atoms with Crippen LogP contribution in [0.2, 0.25) is 0 Å². The van der Waals surface area contributed by atoms with Crippen molar-refractivity contribution in [2.24, 2.45) is 0 Å². The molecule has 0 saturated carbocycles. The van der Waals surface area contributed by atoms with E-state index >= 15 is 0 Å². The Morgan fingerprint density at radius 3 is 2.50 bits per heavy atom. The summed E-state index contributed by atoms with van der Waals surface area (Å²) in [5.41, 5.74) is 1.54. The van der Waals surface area contributed by atoms with Gasteiger partial charge < -0.3 is 14.8 Å². The van der Waals surface area contributed by atoms with Crippen LogP contribution in [0.4, 0.5) is 11.4 Å². The third-order valence-electron chi connectivity index (χ3n) is 3.67. The number of rotatable bonds is 6. The number of carbonyl (C=O) groups is 1. The molecule has 0 aromatic heterocycles. The number of benzene rings is 2. The first-order chi connectivity index (χ1) is 13.3. The lowest BCUT2D eigenvalue weighted by atomic mass is 10.2. The molecule has 2 rings (SSSR count). The van der Waals surface area contributed by atoms with Gasteiger partial charge in [-0.25, -0.2) is 0 Å². The number of hydrogen-bond donors (Lipinski definition) is 2. The fourth-order valence-corrected chi connectivity index (χ4v) is 2.54. The zero-order valence-corrected chi connectivity index (χ0v) is 16.3. The molecule has 0 atom stereocenters. The van der Waals surface area contributed by atoms with Crippen LogP contribution in [0.15, 0.2) is 42.5 Å². The minimum absolute atomic E-state index is 0.0473. The minimum atomic E-state index is -0.517. The molecule has 0 spiro atoms. The Morgan fingerprint density at radius 1 is 1.14 bits per heavy atom. The second-order valence-electron chi connectivity index (χ2n) is 5.67. The quantitative estimate of drug-likeness (QED) is 0.331. The van der Waals surface area contributed by atoms with Gasteiger partial charge >= 0.3 is 0 Å². The van der Waals surface area contributed by atoms with Crippen LogP contribution in [0.5, 0.6) is 11.5 Å². The van der Waals surface area contributed by atoms with Gasteiger partial charge in [0.2, 0.25) is 5.91 Å². The van der Waals surface area contributed by atoms with Crippen LogP contribution >= 0.6 is 12.2 Å². The largest absolute Gasteiger partial charge is 0.493 e. The summed E-state index contributed by atoms with van der Waals surface area (Å²) in [6, 6.07) is 9.86. The van der Waals surface area contributed by atoms with Gasteiger partial charge in [-0.1, -0.05) is 12.1 Å². The van der Waals surface area contributed by atoms with Crippen LogP contribution in [0.1, 0.15) is 11.1 Å². The first-order valence-electron chi connectivity index (χ1n) is 8.11. The number of nitrogens with one attached hydrogen (secondary N) is 2. The van der Waals surface area contributed by atoms with E-state index in [4.69, 9.17) is 21.7 Å². The maximum atomic E-state index is 12.1. The Morgan fingerprint density at radius 2 is 1.86 bits per heavy atom. The Hall–Kier alpha value is -3.46. The SMILES string of the molecule is COc1ccc(/C=C/C(=O)NC(=S)Nc2ccc(C)cc2[N+](=O)[O-])cc1OC. The number of anilines is 1. The van der Waals surface area contributed by atoms with E-state index in [1.54, 1.807) is 37.3 Å². The van der Waals surface area contributed by atoms with E-state index < -0.39 is 10.8 Å². The van der Waals surface area contributed by atoms with Gasteiger partial charge in [-0.15, -0.1) is 0 Å². The van der Waals surface area contributed by atoms with Crippen LogP contribution in [0, 0.1) is 17.0 Å². The summed E-state index contributed by atoms with van der Waals surface area (Å²) in [6.07, 6.45) is 2.87. The molecule has 2 N–H and O–H groups in total. The van der Waals surface area contributed by atoms with Gasteiger partial charge in [0.05, 0.1) is 19.1 Å². The van der Waals surface area contributed by atoms with Crippen LogP contribution < -0.4 is 20.1 Å². The number of thiocarbonyl (C=S) groups is 1. The van der Waals surface area contributed by atoms with Crippen molar-refractivity contribution in [3.05, 3.63) is 63.7 Å². The monoisotopic (exact) mass is 401 g/mol. The predicted octanol–water partition coefficient (Wildman–Crippen LogP) is 3.45. The van der Waals surface area contributed by atoms with Crippen molar-refractivity contribution in [3.8, 4) is 11.5 Å². The van der Waals surface area contributed by atoms with E-state index in [0.717, 1.165) is 11.1 Å². The number of nitro benzene ring substituents is 1. The molecule has 0 unspecified atom stereocenters. The average Bonchev–Trinajstić information content (AvgIpc) is 2.67. The molecule has 0 aliphatic carbocycles. The molecule has 0 aliphatic heterocycles. The number of nitrogens with zero attached hydrogens (tertiary/aromatic N) is 1. The van der Waals surface area contributed by atoms with Gasteiger partial charge in [0.25, 0.3) is 5.69 Å². The fraction of sp³-hybridized carbons (Fsp3) is 0.158. The third kappa shape index (κ3) is 5.52. The zero-order valence-electron chi connectivity index (χ0n) is 15.5. The summed E-state index contributed by atoms with van der Waals surface area (Å²) in [5.74, 6) is 0.630. The number of hydrogen-bond acceptors (Lipinski definition) is 6. The zero-order chi connectivity index (χ0) is 20.7. The Labute approximate surface area is 167 Å². The molecule has 1 amide bonds. The maximum absolute atomic E-state index is 12.1. The summed E-state index contributed by atoms with van der Waals surface area (Å²) in [7, 11) is 3.06. The maximum Gasteiger partial charge on any atom is 0.292 e. The second kappa shape index (κ2) is 9.47. The van der Waals surface area contributed by atoms with Crippen LogP contribution in [-0.4, -0.2) is 30.2 Å². The first kappa shape index (κ1) is 20.8. The molecular weight excluding hydrogens is 382 g/mol. The molecule has 0 aliphatic rings. The van der Waals surface area contributed by atoms with Gasteiger partial charge in [0, 0.05) is 12.1 Å². The molecular formula is C19H19N3O5S. The number of methoxy groups -OCH3 is 2. The summed E-state index contributed by atoms with van der Waals surface area (Å²) in [4.78, 5) is 22.7. The molecule has 0 heterocycles. The van der Waals surface area contributed by atoms with Crippen molar-refractivity contribution >= 4 is 40.7 Å². The molecule has 9 heteroatoms. The number of amides is 1. The lowest BCUT2D eigenvalue weighted by Crippen LogP contribution is -2.33. The molecule has 146 valence electrons. The Balaban J connectivity index is 2.02. The van der Waals surface area contributed by atoms with Gasteiger partial charge in [-0.2, -0.15) is 0 Å². The van der Waals surface area contributed by atoms with Gasteiger partial charge in [0.1, 0.15) is 5.69 Å². The third-order valence-corrected chi connectivity index (χ3v) is 3.87. The Kier molecular flexibility index (Phi) is 7.05. The van der Waals surface area contributed by atoms with E-state index in [-0.39, 0.29) is 16.5 Å². The van der Waals surface area contributed by atoms with E-state index in [0.29, 0.717) is 11.5 Å². The molecule has 0 bridgehead atoms. The number of ether oxygens (including phenoxy) is 2. The number of carbonyl (C=O) groups excluding carboxylic acids is 1. The molecule has 0 saturated heterocycles. The highest BCUT2D eigenvalue weighted by atomic mass is 32.1. The molecule has 0 radical (unpaired) electrons. The molecule has 28 heavy (non-hydrogen) atoms. The van der Waals surface area contributed by atoms with Crippen LogP contribution in [-0.2, 0) is 4.79 Å². The van der Waals surface area contributed by atoms with E-state index in [2.05, 4.69) is 10.6 Å². The number of aryl methyl sites for hydroxylation is 1. The van der Waals surface area contributed by atoms with Crippen molar-refractivity contribution < 1.29 is 19.2 Å². The lowest BCUT2D eigenvalue weighted by Gasteiger charge is -2.09. The van der Waals surface area contributed by atoms with Crippen LogP contribution in [0.3, 0.4) is 0 Å². The molecule has 2 aromatic rings. The highest BCUT2D eigenvalue weighted by Gasteiger charge is 2.15. The van der Waals surface area contributed by atoms with E-state index in [1.165, 1.54) is 32.4 Å². The van der Waals surface area contributed by atoms with Crippen molar-refractivity contribution in [1.82, 2.24) is 5.32 Å². The fourth-order valence-electron chi connectivity index (χ4n) is 2.33. The highest BCUT2D eigenvalue weighted by Crippen LogP contribution is 2.28. The van der Waals surface area contributed by atoms with Gasteiger partial charge in [-0.3, -0.25) is 20.2 Å². The van der Waals surface area contributed by atoms with Crippen molar-refractivity contribution in [3.63, 3.8) is 0 Å². The summed E-state index contributed by atoms with van der Waals surface area (Å²) < 4.78 is 10.4. The minimum Gasteiger partial charge on any atom is -0.493 e. The summed E-state index contributed by atoms with van der Waals surface area (Å²) >= 11 is 5.06. The molecule has 0 fully saturated rings. The summed E-state index contributed by atoms with van der Waals surface area (Å²) in [6.45, 7) is 1.75. The summed E-state index contributed by atoms with van der Waals surface area (Å²) in [5, 5.41) is 16.2. The van der Waals surface area contributed by atoms with Gasteiger partial charge in [-0.05, 0) is 54.5 Å². The smallest absolute Gasteiger partial charge is 0.292 e. The Bertz CT molecular complexity index is 943. The van der Waals surface area contributed by atoms with E-state index in [9.17, 15) is 14.9 Å². The topological polar surface area (TPSA) is 103 Å². The molecule has 2 aromatic carbocycles. The van der Waals surface area contributed by atoms with Crippen molar-refractivity contribution in [2.45, 2.75) is 6.92 Å².